The van der Waals surface area contributed by atoms with Gasteiger partial charge < -0.3 is 22.1 Å². The summed E-state index contributed by atoms with van der Waals surface area (Å²) in [6.45, 7) is 2.14. The van der Waals surface area contributed by atoms with Gasteiger partial charge in [-0.05, 0) is 55.5 Å². The van der Waals surface area contributed by atoms with Crippen LogP contribution in [0.5, 0.6) is 0 Å². The molecule has 0 saturated heterocycles. The van der Waals surface area contributed by atoms with E-state index in [-0.39, 0.29) is 17.9 Å². The van der Waals surface area contributed by atoms with E-state index in [1.165, 1.54) is 0 Å². The lowest BCUT2D eigenvalue weighted by Gasteiger charge is -2.15. The van der Waals surface area contributed by atoms with Crippen molar-refractivity contribution in [2.24, 2.45) is 0 Å². The Morgan fingerprint density at radius 3 is 1.78 bits per heavy atom. The van der Waals surface area contributed by atoms with Gasteiger partial charge in [-0.25, -0.2) is 0 Å². The van der Waals surface area contributed by atoms with Crippen LogP contribution in [0.2, 0.25) is 0 Å². The van der Waals surface area contributed by atoms with Crippen molar-refractivity contribution in [3.63, 3.8) is 0 Å². The van der Waals surface area contributed by atoms with Gasteiger partial charge >= 0.3 is 0 Å². The molecular weight excluding hydrogens is 292 g/mol. The van der Waals surface area contributed by atoms with E-state index in [1.807, 2.05) is 6.92 Å². The van der Waals surface area contributed by atoms with Crippen LogP contribution in [-0.4, -0.2) is 24.4 Å². The Hall–Kier alpha value is -3.02. The van der Waals surface area contributed by atoms with E-state index in [2.05, 4.69) is 10.6 Å². The van der Waals surface area contributed by atoms with Crippen LogP contribution in [0.3, 0.4) is 0 Å². The molecule has 0 saturated carbocycles. The Bertz CT molecular complexity index is 681. The van der Waals surface area contributed by atoms with Gasteiger partial charge in [-0.3, -0.25) is 9.59 Å². The van der Waals surface area contributed by atoms with Crippen molar-refractivity contribution < 1.29 is 9.59 Å². The predicted molar refractivity (Wildman–Crippen MR) is 91.0 cm³/mol. The van der Waals surface area contributed by atoms with Crippen LogP contribution in [0.4, 0.5) is 11.4 Å². The Balaban J connectivity index is 1.83. The minimum Gasteiger partial charge on any atom is -0.399 e. The van der Waals surface area contributed by atoms with Gasteiger partial charge in [0.05, 0.1) is 0 Å². The van der Waals surface area contributed by atoms with Crippen LogP contribution < -0.4 is 22.1 Å². The van der Waals surface area contributed by atoms with Crippen molar-refractivity contribution >= 4 is 23.2 Å². The maximum absolute atomic E-state index is 12.0. The van der Waals surface area contributed by atoms with Crippen LogP contribution in [-0.2, 0) is 0 Å². The fourth-order valence-electron chi connectivity index (χ4n) is 1.97. The highest BCUT2D eigenvalue weighted by atomic mass is 16.2. The average Bonchev–Trinajstić information content (AvgIpc) is 2.54. The number of hydrogen-bond donors (Lipinski definition) is 4. The van der Waals surface area contributed by atoms with Gasteiger partial charge in [0.1, 0.15) is 0 Å². The maximum atomic E-state index is 12.0. The summed E-state index contributed by atoms with van der Waals surface area (Å²) in [6, 6.07) is 13.1. The summed E-state index contributed by atoms with van der Waals surface area (Å²) >= 11 is 0. The van der Waals surface area contributed by atoms with Gasteiger partial charge in [-0.1, -0.05) is 0 Å². The maximum Gasteiger partial charge on any atom is 0.251 e. The fraction of sp³-hybridized carbons (Fsp3) is 0.176. The molecule has 2 amide bonds. The molecule has 0 spiro atoms. The molecule has 0 bridgehead atoms. The van der Waals surface area contributed by atoms with E-state index in [4.69, 9.17) is 11.5 Å². The van der Waals surface area contributed by atoms with Gasteiger partial charge in [0.15, 0.2) is 0 Å². The first-order valence-corrected chi connectivity index (χ1v) is 7.26. The zero-order chi connectivity index (χ0) is 16.8. The molecule has 2 aromatic carbocycles. The smallest absolute Gasteiger partial charge is 0.251 e. The summed E-state index contributed by atoms with van der Waals surface area (Å²) in [6.07, 6.45) is 0. The highest BCUT2D eigenvalue weighted by molar-refractivity contribution is 5.95. The fourth-order valence-corrected chi connectivity index (χ4v) is 1.97. The lowest BCUT2D eigenvalue weighted by molar-refractivity contribution is 0.0912. The molecule has 2 rings (SSSR count). The lowest BCUT2D eigenvalue weighted by atomic mass is 10.1. The van der Waals surface area contributed by atoms with Gasteiger partial charge in [0, 0.05) is 35.1 Å². The molecule has 0 aliphatic heterocycles. The normalized spacial score (nSPS) is 11.5. The summed E-state index contributed by atoms with van der Waals surface area (Å²) in [7, 11) is 0. The third kappa shape index (κ3) is 4.74. The van der Waals surface area contributed by atoms with Crippen LogP contribution in [0, 0.1) is 0 Å². The number of nitrogens with two attached hydrogens (primary N) is 2. The van der Waals surface area contributed by atoms with E-state index < -0.39 is 0 Å². The van der Waals surface area contributed by atoms with Crippen molar-refractivity contribution in [3.8, 4) is 0 Å². The average molecular weight is 312 g/mol. The number of carbonyl (C=O) groups excluding carboxylic acids is 2. The highest BCUT2D eigenvalue weighted by Gasteiger charge is 2.11. The summed E-state index contributed by atoms with van der Waals surface area (Å²) in [5, 5.41) is 5.59. The molecule has 0 aliphatic rings. The molecule has 0 radical (unpaired) electrons. The number of benzene rings is 2. The molecule has 6 N–H and O–H groups in total. The van der Waals surface area contributed by atoms with Gasteiger partial charge in [0.25, 0.3) is 11.8 Å². The minimum absolute atomic E-state index is 0.209. The molecule has 0 heterocycles. The largest absolute Gasteiger partial charge is 0.399 e. The number of nitrogens with one attached hydrogen (secondary N) is 2. The highest BCUT2D eigenvalue weighted by Crippen LogP contribution is 2.06. The van der Waals surface area contributed by atoms with Gasteiger partial charge in [0.2, 0.25) is 0 Å². The molecule has 0 fully saturated rings. The Morgan fingerprint density at radius 1 is 0.870 bits per heavy atom. The predicted octanol–water partition coefficient (Wildman–Crippen LogP) is 1.40. The quantitative estimate of drug-likeness (QED) is 0.625. The molecule has 2 aromatic rings. The molecule has 1 atom stereocenters. The first-order valence-electron chi connectivity index (χ1n) is 7.26. The number of anilines is 2. The monoisotopic (exact) mass is 312 g/mol. The summed E-state index contributed by atoms with van der Waals surface area (Å²) < 4.78 is 0. The molecule has 23 heavy (non-hydrogen) atoms. The molecule has 0 aliphatic carbocycles. The SMILES string of the molecule is C[C@H](CNC(=O)c1ccc(N)cc1)NC(=O)c1ccc(N)cc1. The first kappa shape index (κ1) is 16.4. The van der Waals surface area contributed by atoms with Crippen molar-refractivity contribution in [1.29, 1.82) is 0 Å². The van der Waals surface area contributed by atoms with Crippen LogP contribution in [0.15, 0.2) is 48.5 Å². The Morgan fingerprint density at radius 2 is 1.30 bits per heavy atom. The lowest BCUT2D eigenvalue weighted by Crippen LogP contribution is -2.41. The number of rotatable bonds is 5. The van der Waals surface area contributed by atoms with Crippen LogP contribution in [0.25, 0.3) is 0 Å². The van der Waals surface area contributed by atoms with E-state index in [0.717, 1.165) is 0 Å². The topological polar surface area (TPSA) is 110 Å². The zero-order valence-electron chi connectivity index (χ0n) is 12.9. The molecule has 6 heteroatoms. The molecule has 0 aromatic heterocycles. The Labute approximate surface area is 134 Å². The van der Waals surface area contributed by atoms with Crippen LogP contribution in [0.1, 0.15) is 27.6 Å². The van der Waals surface area contributed by atoms with E-state index in [0.29, 0.717) is 29.0 Å². The van der Waals surface area contributed by atoms with Gasteiger partial charge in [-0.2, -0.15) is 0 Å². The Kier molecular flexibility index (Phi) is 5.19. The van der Waals surface area contributed by atoms with Crippen molar-refractivity contribution in [1.82, 2.24) is 10.6 Å². The minimum atomic E-state index is -0.210. The third-order valence-electron chi connectivity index (χ3n) is 3.29. The number of nitrogen functional groups attached to an aromatic ring is 2. The molecule has 120 valence electrons. The third-order valence-corrected chi connectivity index (χ3v) is 3.29. The zero-order valence-corrected chi connectivity index (χ0v) is 12.9. The summed E-state index contributed by atoms with van der Waals surface area (Å²) in [5.41, 5.74) is 13.4. The second-order valence-electron chi connectivity index (χ2n) is 5.33. The molecule has 6 nitrogen and oxygen atoms in total. The second kappa shape index (κ2) is 7.31. The molecular formula is C17H20N4O2. The van der Waals surface area contributed by atoms with Crippen molar-refractivity contribution in [2.75, 3.05) is 18.0 Å². The molecule has 0 unspecified atom stereocenters. The summed E-state index contributed by atoms with van der Waals surface area (Å²) in [4.78, 5) is 24.0. The van der Waals surface area contributed by atoms with Gasteiger partial charge in [-0.15, -0.1) is 0 Å². The first-order chi connectivity index (χ1) is 11.0. The standard InChI is InChI=1S/C17H20N4O2/c1-11(21-17(23)13-4-8-15(19)9-5-13)10-20-16(22)12-2-6-14(18)7-3-12/h2-9,11H,10,18-19H2,1H3,(H,20,22)(H,21,23)/t11-/m1/s1. The van der Waals surface area contributed by atoms with E-state index in [9.17, 15) is 9.59 Å². The number of carbonyl (C=O) groups is 2. The van der Waals surface area contributed by atoms with Crippen molar-refractivity contribution in [3.05, 3.63) is 59.7 Å². The number of amides is 2. The van der Waals surface area contributed by atoms with Crippen LogP contribution >= 0.6 is 0 Å². The van der Waals surface area contributed by atoms with E-state index in [1.54, 1.807) is 48.5 Å². The van der Waals surface area contributed by atoms with Crippen molar-refractivity contribution in [2.45, 2.75) is 13.0 Å². The number of hydrogen-bond acceptors (Lipinski definition) is 4. The second-order valence-corrected chi connectivity index (χ2v) is 5.33. The van der Waals surface area contributed by atoms with E-state index >= 15 is 0 Å². The summed E-state index contributed by atoms with van der Waals surface area (Å²) in [5.74, 6) is -0.419.